The van der Waals surface area contributed by atoms with Crippen molar-refractivity contribution in [3.05, 3.63) is 34.1 Å². The van der Waals surface area contributed by atoms with Crippen LogP contribution >= 0.6 is 0 Å². The highest BCUT2D eigenvalue weighted by Gasteiger charge is 2.44. The van der Waals surface area contributed by atoms with Gasteiger partial charge < -0.3 is 4.74 Å². The maximum Gasteiger partial charge on any atom is 0.384 e. The molecule has 0 aliphatic heterocycles. The Morgan fingerprint density at radius 1 is 1.59 bits per heavy atom. The largest absolute Gasteiger partial charge is 0.461 e. The first-order valence-corrected chi connectivity index (χ1v) is 4.55. The molecule has 0 aliphatic rings. The van der Waals surface area contributed by atoms with Gasteiger partial charge in [-0.25, -0.2) is 9.78 Å². The van der Waals surface area contributed by atoms with E-state index in [9.17, 15) is 23.7 Å². The number of nitro groups is 1. The van der Waals surface area contributed by atoms with E-state index in [-0.39, 0.29) is 6.61 Å². The van der Waals surface area contributed by atoms with Crippen LogP contribution in [0, 0.1) is 10.1 Å². The average Bonchev–Trinajstić information content (AvgIpc) is 2.29. The molecule has 0 bridgehead atoms. The molecule has 1 rings (SSSR count). The first-order valence-electron chi connectivity index (χ1n) is 4.55. The molecule has 1 aromatic rings. The molecule has 17 heavy (non-hydrogen) atoms. The van der Waals surface area contributed by atoms with Crippen LogP contribution in [0.3, 0.4) is 0 Å². The Bertz CT molecular complexity index is 433. The number of rotatable bonds is 4. The first-order chi connectivity index (χ1) is 7.89. The van der Waals surface area contributed by atoms with Crippen LogP contribution in [0.5, 0.6) is 0 Å². The van der Waals surface area contributed by atoms with Crippen molar-refractivity contribution in [3.8, 4) is 0 Å². The Morgan fingerprint density at radius 2 is 2.24 bits per heavy atom. The van der Waals surface area contributed by atoms with E-state index in [4.69, 9.17) is 0 Å². The van der Waals surface area contributed by atoms with Gasteiger partial charge >= 0.3 is 11.9 Å². The first kappa shape index (κ1) is 12.9. The molecule has 92 valence electrons. The quantitative estimate of drug-likeness (QED) is 0.458. The lowest BCUT2D eigenvalue weighted by molar-refractivity contribution is -0.385. The molecule has 0 radical (unpaired) electrons. The summed E-state index contributed by atoms with van der Waals surface area (Å²) in [6.45, 7) is 1.19. The van der Waals surface area contributed by atoms with E-state index in [1.165, 1.54) is 6.92 Å². The fourth-order valence-corrected chi connectivity index (χ4v) is 1.01. The van der Waals surface area contributed by atoms with E-state index in [0.29, 0.717) is 6.20 Å². The number of alkyl halides is 2. The second kappa shape index (κ2) is 4.81. The maximum absolute atomic E-state index is 13.4. The normalized spacial score (nSPS) is 11.0. The molecular formula is C9H8F2N2O4. The lowest BCUT2D eigenvalue weighted by Gasteiger charge is -2.13. The Hall–Kier alpha value is -2.12. The molecule has 0 N–H and O–H groups in total. The third-order valence-corrected chi connectivity index (χ3v) is 1.81. The van der Waals surface area contributed by atoms with Crippen LogP contribution in [0.2, 0.25) is 0 Å². The van der Waals surface area contributed by atoms with Crippen LogP contribution in [0.25, 0.3) is 0 Å². The fourth-order valence-electron chi connectivity index (χ4n) is 1.01. The third kappa shape index (κ3) is 2.71. The molecule has 0 aliphatic carbocycles. The van der Waals surface area contributed by atoms with Gasteiger partial charge in [-0.05, 0) is 13.0 Å². The van der Waals surface area contributed by atoms with Crippen molar-refractivity contribution >= 4 is 11.7 Å². The van der Waals surface area contributed by atoms with Gasteiger partial charge in [-0.1, -0.05) is 0 Å². The van der Waals surface area contributed by atoms with Crippen molar-refractivity contribution < 1.29 is 23.2 Å². The minimum atomic E-state index is -3.91. The average molecular weight is 246 g/mol. The number of hydrogen-bond acceptors (Lipinski definition) is 5. The van der Waals surface area contributed by atoms with E-state index < -0.39 is 28.2 Å². The highest BCUT2D eigenvalue weighted by Crippen LogP contribution is 2.28. The number of halogens is 2. The molecule has 8 heteroatoms. The topological polar surface area (TPSA) is 82.3 Å². The zero-order valence-electron chi connectivity index (χ0n) is 8.72. The van der Waals surface area contributed by atoms with Gasteiger partial charge in [0.25, 0.3) is 5.69 Å². The Morgan fingerprint density at radius 3 is 2.65 bits per heavy atom. The summed E-state index contributed by atoms with van der Waals surface area (Å²) >= 11 is 0. The SMILES string of the molecule is CCOC(=O)C(F)(F)c1ccc([N+](=O)[O-])cn1. The van der Waals surface area contributed by atoms with Gasteiger partial charge in [0.2, 0.25) is 0 Å². The van der Waals surface area contributed by atoms with Gasteiger partial charge in [-0.3, -0.25) is 10.1 Å². The summed E-state index contributed by atoms with van der Waals surface area (Å²) < 4.78 is 30.9. The number of nitrogens with zero attached hydrogens (tertiary/aromatic N) is 2. The molecule has 0 spiro atoms. The Balaban J connectivity index is 2.99. The van der Waals surface area contributed by atoms with Gasteiger partial charge in [0, 0.05) is 6.07 Å². The summed E-state index contributed by atoms with van der Waals surface area (Å²) in [6, 6.07) is 1.56. The van der Waals surface area contributed by atoms with Gasteiger partial charge in [0.05, 0.1) is 11.5 Å². The fraction of sp³-hybridized carbons (Fsp3) is 0.333. The summed E-state index contributed by atoms with van der Waals surface area (Å²) in [6.07, 6.45) is 0.655. The summed E-state index contributed by atoms with van der Waals surface area (Å²) in [5.74, 6) is -5.65. The number of esters is 1. The monoisotopic (exact) mass is 246 g/mol. The minimum absolute atomic E-state index is 0.193. The van der Waals surface area contributed by atoms with E-state index in [2.05, 4.69) is 9.72 Å². The summed E-state index contributed by atoms with van der Waals surface area (Å²) in [5.41, 5.74) is -1.32. The summed E-state index contributed by atoms with van der Waals surface area (Å²) in [5, 5.41) is 10.3. The molecule has 0 atom stereocenters. The molecular weight excluding hydrogens is 238 g/mol. The van der Waals surface area contributed by atoms with Crippen LogP contribution in [-0.2, 0) is 15.5 Å². The Labute approximate surface area is 94.4 Å². The third-order valence-electron chi connectivity index (χ3n) is 1.81. The van der Waals surface area contributed by atoms with Crippen molar-refractivity contribution in [1.82, 2.24) is 4.98 Å². The smallest absolute Gasteiger partial charge is 0.384 e. The van der Waals surface area contributed by atoms with Crippen LogP contribution in [0.15, 0.2) is 18.3 Å². The summed E-state index contributed by atoms with van der Waals surface area (Å²) in [4.78, 5) is 23.6. The van der Waals surface area contributed by atoms with Gasteiger partial charge in [0.1, 0.15) is 11.9 Å². The van der Waals surface area contributed by atoms with E-state index in [1.807, 2.05) is 0 Å². The van der Waals surface area contributed by atoms with Crippen LogP contribution < -0.4 is 0 Å². The molecule has 6 nitrogen and oxygen atoms in total. The van der Waals surface area contributed by atoms with Crippen LogP contribution in [0.1, 0.15) is 12.6 Å². The van der Waals surface area contributed by atoms with E-state index in [1.54, 1.807) is 0 Å². The number of hydrogen-bond donors (Lipinski definition) is 0. The highest BCUT2D eigenvalue weighted by atomic mass is 19.3. The second-order valence-corrected chi connectivity index (χ2v) is 2.95. The molecule has 0 amide bonds. The maximum atomic E-state index is 13.4. The molecule has 0 saturated heterocycles. The molecule has 0 saturated carbocycles. The number of carbonyl (C=O) groups excluding carboxylic acids is 1. The Kier molecular flexibility index (Phi) is 3.66. The lowest BCUT2D eigenvalue weighted by Crippen LogP contribution is -2.29. The van der Waals surface area contributed by atoms with Crippen molar-refractivity contribution in [2.24, 2.45) is 0 Å². The van der Waals surface area contributed by atoms with Gasteiger partial charge in [-0.2, -0.15) is 8.78 Å². The predicted molar refractivity (Wildman–Crippen MR) is 51.4 cm³/mol. The van der Waals surface area contributed by atoms with E-state index >= 15 is 0 Å². The predicted octanol–water partition coefficient (Wildman–Crippen LogP) is 1.64. The second-order valence-electron chi connectivity index (χ2n) is 2.95. The number of ether oxygens (including phenoxy) is 1. The molecule has 0 unspecified atom stereocenters. The molecule has 0 fully saturated rings. The zero-order chi connectivity index (χ0) is 13.1. The van der Waals surface area contributed by atoms with Crippen LogP contribution in [0.4, 0.5) is 14.5 Å². The van der Waals surface area contributed by atoms with Gasteiger partial charge in [0.15, 0.2) is 0 Å². The van der Waals surface area contributed by atoms with Crippen molar-refractivity contribution in [3.63, 3.8) is 0 Å². The van der Waals surface area contributed by atoms with Crippen molar-refractivity contribution in [2.45, 2.75) is 12.8 Å². The molecule has 0 aromatic carbocycles. The van der Waals surface area contributed by atoms with Crippen LogP contribution in [-0.4, -0.2) is 22.5 Å². The minimum Gasteiger partial charge on any atom is -0.461 e. The number of aromatic nitrogens is 1. The highest BCUT2D eigenvalue weighted by molar-refractivity contribution is 5.78. The van der Waals surface area contributed by atoms with Gasteiger partial charge in [-0.15, -0.1) is 0 Å². The number of carbonyl (C=O) groups is 1. The van der Waals surface area contributed by atoms with E-state index in [0.717, 1.165) is 12.1 Å². The molecule has 1 aromatic heterocycles. The standard InChI is InChI=1S/C9H8F2N2O4/c1-2-17-8(14)9(10,11)7-4-3-6(5-12-7)13(15)16/h3-5H,2H2,1H3. The number of pyridine rings is 1. The van der Waals surface area contributed by atoms with Crippen molar-refractivity contribution in [2.75, 3.05) is 6.61 Å². The lowest BCUT2D eigenvalue weighted by atomic mass is 10.2. The van der Waals surface area contributed by atoms with Crippen molar-refractivity contribution in [1.29, 1.82) is 0 Å². The molecule has 1 heterocycles. The summed E-state index contributed by atoms with van der Waals surface area (Å²) in [7, 11) is 0. The zero-order valence-corrected chi connectivity index (χ0v) is 8.72.